The van der Waals surface area contributed by atoms with Crippen molar-refractivity contribution in [2.24, 2.45) is 0 Å². The van der Waals surface area contributed by atoms with Gasteiger partial charge in [-0.1, -0.05) is 23.7 Å². The van der Waals surface area contributed by atoms with E-state index in [-0.39, 0.29) is 18.3 Å². The summed E-state index contributed by atoms with van der Waals surface area (Å²) in [7, 11) is -0.381. The predicted molar refractivity (Wildman–Crippen MR) is 71.9 cm³/mol. The zero-order valence-corrected chi connectivity index (χ0v) is 11.8. The van der Waals surface area contributed by atoms with Crippen LogP contribution in [0.2, 0.25) is 5.02 Å². The van der Waals surface area contributed by atoms with Gasteiger partial charge in [-0.05, 0) is 46.2 Å². The first kappa shape index (κ1) is 12.9. The molecule has 0 amide bonds. The van der Waals surface area contributed by atoms with Crippen molar-refractivity contribution >= 4 is 24.2 Å². The van der Waals surface area contributed by atoms with Gasteiger partial charge in [0.25, 0.3) is 0 Å². The molecule has 1 heterocycles. The average molecular weight is 253 g/mol. The summed E-state index contributed by atoms with van der Waals surface area (Å²) in [6.45, 7) is 10.2. The third-order valence-electron chi connectivity index (χ3n) is 3.76. The van der Waals surface area contributed by atoms with Gasteiger partial charge >= 0.3 is 7.12 Å². The molecule has 92 valence electrons. The lowest BCUT2D eigenvalue weighted by atomic mass is 9.76. The molecular formula is C13H18BClO2. The summed E-state index contributed by atoms with van der Waals surface area (Å²) >= 11 is 6.24. The Morgan fingerprint density at radius 1 is 1.06 bits per heavy atom. The minimum absolute atomic E-state index is 0.330. The Morgan fingerprint density at radius 2 is 1.59 bits per heavy atom. The highest BCUT2D eigenvalue weighted by molar-refractivity contribution is 6.66. The van der Waals surface area contributed by atoms with Crippen LogP contribution in [0.4, 0.5) is 0 Å². The van der Waals surface area contributed by atoms with E-state index in [0.29, 0.717) is 5.02 Å². The van der Waals surface area contributed by atoms with E-state index in [0.717, 1.165) is 11.0 Å². The summed E-state index contributed by atoms with van der Waals surface area (Å²) < 4.78 is 12.0. The molecule has 2 rings (SSSR count). The maximum atomic E-state index is 6.24. The van der Waals surface area contributed by atoms with Crippen LogP contribution in [0.15, 0.2) is 18.2 Å². The Bertz CT molecular complexity index is 407. The molecule has 2 nitrogen and oxygen atoms in total. The molecule has 4 heteroatoms. The van der Waals surface area contributed by atoms with Crippen LogP contribution in [0.3, 0.4) is 0 Å². The van der Waals surface area contributed by atoms with Crippen LogP contribution in [0.25, 0.3) is 0 Å². The molecule has 0 saturated carbocycles. The Labute approximate surface area is 108 Å². The van der Waals surface area contributed by atoms with E-state index in [1.165, 1.54) is 0 Å². The predicted octanol–water partition coefficient (Wildman–Crippen LogP) is 2.95. The van der Waals surface area contributed by atoms with Gasteiger partial charge in [0.2, 0.25) is 0 Å². The molecule has 0 atom stereocenters. The minimum Gasteiger partial charge on any atom is -0.399 e. The monoisotopic (exact) mass is 252 g/mol. The first-order valence-electron chi connectivity index (χ1n) is 5.85. The molecule has 0 radical (unpaired) electrons. The molecular weight excluding hydrogens is 234 g/mol. The van der Waals surface area contributed by atoms with Crippen LogP contribution in [-0.4, -0.2) is 18.3 Å². The Balaban J connectivity index is 2.39. The highest BCUT2D eigenvalue weighted by Gasteiger charge is 2.52. The maximum Gasteiger partial charge on any atom is 0.496 e. The third-order valence-corrected chi connectivity index (χ3v) is 4.09. The van der Waals surface area contributed by atoms with Crippen molar-refractivity contribution in [3.05, 3.63) is 28.8 Å². The van der Waals surface area contributed by atoms with E-state index in [4.69, 9.17) is 20.9 Å². The van der Waals surface area contributed by atoms with Crippen LogP contribution in [0.1, 0.15) is 33.3 Å². The summed E-state index contributed by atoms with van der Waals surface area (Å²) in [6.07, 6.45) is 0. The summed E-state index contributed by atoms with van der Waals surface area (Å²) in [5.41, 5.74) is 1.37. The van der Waals surface area contributed by atoms with Gasteiger partial charge in [0, 0.05) is 10.5 Å². The van der Waals surface area contributed by atoms with Gasteiger partial charge in [-0.3, -0.25) is 0 Å². The number of benzene rings is 1. The normalized spacial score (nSPS) is 21.9. The number of hydrogen-bond donors (Lipinski definition) is 0. The summed E-state index contributed by atoms with van der Waals surface area (Å²) in [5, 5.41) is 0.698. The van der Waals surface area contributed by atoms with Gasteiger partial charge in [-0.15, -0.1) is 0 Å². The molecule has 0 N–H and O–H groups in total. The summed E-state index contributed by atoms with van der Waals surface area (Å²) in [4.78, 5) is 0. The number of hydrogen-bond acceptors (Lipinski definition) is 2. The van der Waals surface area contributed by atoms with E-state index < -0.39 is 0 Å². The van der Waals surface area contributed by atoms with Crippen molar-refractivity contribution in [2.45, 2.75) is 45.8 Å². The van der Waals surface area contributed by atoms with Crippen LogP contribution < -0.4 is 5.46 Å². The van der Waals surface area contributed by atoms with Gasteiger partial charge in [0.05, 0.1) is 11.2 Å². The minimum atomic E-state index is -0.381. The largest absolute Gasteiger partial charge is 0.496 e. The van der Waals surface area contributed by atoms with Crippen LogP contribution in [0.5, 0.6) is 0 Å². The molecule has 17 heavy (non-hydrogen) atoms. The standard InChI is InChI=1S/C13H18BClO2/c1-9-7-6-8-10(15)11(9)14-16-12(2,3)13(4,5)17-14/h6-8H,1-5H3. The van der Waals surface area contributed by atoms with Crippen LogP contribution in [-0.2, 0) is 9.31 Å². The maximum absolute atomic E-state index is 6.24. The molecule has 1 aromatic rings. The van der Waals surface area contributed by atoms with Crippen molar-refractivity contribution in [1.82, 2.24) is 0 Å². The van der Waals surface area contributed by atoms with E-state index in [2.05, 4.69) is 0 Å². The molecule has 1 aromatic carbocycles. The third kappa shape index (κ3) is 2.12. The average Bonchev–Trinajstić information content (AvgIpc) is 2.35. The fourth-order valence-corrected chi connectivity index (χ4v) is 2.22. The van der Waals surface area contributed by atoms with Crippen LogP contribution >= 0.6 is 11.6 Å². The highest BCUT2D eigenvalue weighted by Crippen LogP contribution is 2.37. The molecule has 0 aromatic heterocycles. The summed E-state index contributed by atoms with van der Waals surface area (Å²) in [5.74, 6) is 0. The lowest BCUT2D eigenvalue weighted by molar-refractivity contribution is 0.00578. The molecule has 0 bridgehead atoms. The van der Waals surface area contributed by atoms with Crippen LogP contribution in [0, 0.1) is 6.92 Å². The fourth-order valence-electron chi connectivity index (χ4n) is 1.90. The van der Waals surface area contributed by atoms with Gasteiger partial charge < -0.3 is 9.31 Å². The van der Waals surface area contributed by atoms with E-state index in [1.807, 2.05) is 52.8 Å². The highest BCUT2D eigenvalue weighted by atomic mass is 35.5. The van der Waals surface area contributed by atoms with E-state index in [9.17, 15) is 0 Å². The Morgan fingerprint density at radius 3 is 2.06 bits per heavy atom. The van der Waals surface area contributed by atoms with Gasteiger partial charge in [-0.2, -0.15) is 0 Å². The second kappa shape index (κ2) is 4.01. The molecule has 1 aliphatic rings. The second-order valence-electron chi connectivity index (χ2n) is 5.56. The molecule has 1 fully saturated rings. The lowest BCUT2D eigenvalue weighted by Gasteiger charge is -2.32. The first-order valence-corrected chi connectivity index (χ1v) is 6.23. The fraction of sp³-hybridized carbons (Fsp3) is 0.538. The quantitative estimate of drug-likeness (QED) is 0.716. The number of rotatable bonds is 1. The SMILES string of the molecule is Cc1cccc(Cl)c1B1OC(C)(C)C(C)(C)O1. The number of halogens is 1. The van der Waals surface area contributed by atoms with Crippen molar-refractivity contribution in [1.29, 1.82) is 0 Å². The van der Waals surface area contributed by atoms with E-state index in [1.54, 1.807) is 0 Å². The van der Waals surface area contributed by atoms with Crippen molar-refractivity contribution in [3.8, 4) is 0 Å². The van der Waals surface area contributed by atoms with E-state index >= 15 is 0 Å². The Kier molecular flexibility index (Phi) is 3.05. The molecule has 0 unspecified atom stereocenters. The summed E-state index contributed by atoms with van der Waals surface area (Å²) in [6, 6.07) is 5.83. The second-order valence-corrected chi connectivity index (χ2v) is 5.97. The zero-order valence-electron chi connectivity index (χ0n) is 11.0. The van der Waals surface area contributed by atoms with Gasteiger partial charge in [-0.25, -0.2) is 0 Å². The number of aryl methyl sites for hydroxylation is 1. The zero-order chi connectivity index (χ0) is 12.8. The lowest BCUT2D eigenvalue weighted by Crippen LogP contribution is -2.41. The molecule has 1 saturated heterocycles. The van der Waals surface area contributed by atoms with Crippen molar-refractivity contribution in [2.75, 3.05) is 0 Å². The smallest absolute Gasteiger partial charge is 0.399 e. The van der Waals surface area contributed by atoms with Gasteiger partial charge in [0.15, 0.2) is 0 Å². The molecule has 0 aliphatic carbocycles. The van der Waals surface area contributed by atoms with Crippen molar-refractivity contribution < 1.29 is 9.31 Å². The van der Waals surface area contributed by atoms with Crippen molar-refractivity contribution in [3.63, 3.8) is 0 Å². The molecule has 1 aliphatic heterocycles. The topological polar surface area (TPSA) is 18.5 Å². The molecule has 0 spiro atoms. The Hall–Kier alpha value is -0.505. The first-order chi connectivity index (χ1) is 7.74. The van der Waals surface area contributed by atoms with Gasteiger partial charge in [0.1, 0.15) is 0 Å².